The number of hydrogen-bond donors (Lipinski definition) is 2. The molecular formula is C27H28FN5O3. The molecule has 1 atom stereocenters. The van der Waals surface area contributed by atoms with Crippen LogP contribution in [0.4, 0.5) is 10.2 Å². The highest BCUT2D eigenvalue weighted by Crippen LogP contribution is 2.27. The Morgan fingerprint density at radius 1 is 1.14 bits per heavy atom. The molecule has 0 unspecified atom stereocenters. The lowest BCUT2D eigenvalue weighted by atomic mass is 10.0. The van der Waals surface area contributed by atoms with Crippen LogP contribution in [0.25, 0.3) is 10.8 Å². The smallest absolute Gasteiger partial charge is 0.252 e. The summed E-state index contributed by atoms with van der Waals surface area (Å²) >= 11 is 0. The molecule has 0 saturated carbocycles. The Bertz CT molecular complexity index is 1380. The molecule has 1 aliphatic rings. The number of amides is 1. The van der Waals surface area contributed by atoms with Crippen molar-refractivity contribution in [3.05, 3.63) is 83.6 Å². The molecule has 0 radical (unpaired) electrons. The third-order valence-electron chi connectivity index (χ3n) is 6.37. The van der Waals surface area contributed by atoms with Crippen LogP contribution < -0.4 is 15.4 Å². The molecule has 1 saturated heterocycles. The largest absolute Gasteiger partial charge is 0.494 e. The van der Waals surface area contributed by atoms with Gasteiger partial charge in [-0.15, -0.1) is 0 Å². The van der Waals surface area contributed by atoms with Gasteiger partial charge in [0.2, 0.25) is 0 Å². The molecule has 1 fully saturated rings. The number of aromatic nitrogens is 3. The second-order valence-corrected chi connectivity index (χ2v) is 8.88. The van der Waals surface area contributed by atoms with Crippen LogP contribution in [0.5, 0.6) is 5.75 Å². The Morgan fingerprint density at radius 2 is 1.97 bits per heavy atom. The van der Waals surface area contributed by atoms with Crippen molar-refractivity contribution in [1.29, 1.82) is 0 Å². The van der Waals surface area contributed by atoms with Gasteiger partial charge in [0.15, 0.2) is 11.6 Å². The predicted molar refractivity (Wildman–Crippen MR) is 135 cm³/mol. The first-order valence-electron chi connectivity index (χ1n) is 11.9. The topological polar surface area (TPSA) is 90.3 Å². The molecule has 2 aromatic carbocycles. The van der Waals surface area contributed by atoms with E-state index in [1.54, 1.807) is 48.4 Å². The molecule has 2 N–H and O–H groups in total. The number of nitrogens with one attached hydrogen (secondary N) is 2. The minimum Gasteiger partial charge on any atom is -0.494 e. The summed E-state index contributed by atoms with van der Waals surface area (Å²) in [5.41, 5.74) is 1.65. The Hall–Kier alpha value is -3.98. The van der Waals surface area contributed by atoms with Crippen LogP contribution in [0.15, 0.2) is 60.9 Å². The number of fused-ring (bicyclic) bond motifs is 1. The summed E-state index contributed by atoms with van der Waals surface area (Å²) in [4.78, 5) is 17.9. The standard InChI is InChI=1S/C27H28FN5O3/c1-33-10-7-23(32-33)26(17-5-6-24(35-2)22(28)14-17)31-27(34)18-3-4-19-16-29-25(15-20(19)13-18)30-21-8-11-36-12-9-21/h3-7,10,13-16,21,26H,8-9,11-12H2,1-2H3,(H,29,30)(H,31,34)/t26-/m0/s1. The van der Waals surface area contributed by atoms with Crippen molar-refractivity contribution in [1.82, 2.24) is 20.1 Å². The monoisotopic (exact) mass is 489 g/mol. The van der Waals surface area contributed by atoms with E-state index in [2.05, 4.69) is 20.7 Å². The molecule has 1 aliphatic heterocycles. The first kappa shape index (κ1) is 23.7. The Balaban J connectivity index is 1.41. The van der Waals surface area contributed by atoms with Gasteiger partial charge in [-0.05, 0) is 60.2 Å². The average molecular weight is 490 g/mol. The molecule has 5 rings (SSSR count). The number of rotatable bonds is 7. The Kier molecular flexibility index (Phi) is 6.81. The molecule has 9 heteroatoms. The molecule has 4 aromatic rings. The Morgan fingerprint density at radius 3 is 2.69 bits per heavy atom. The summed E-state index contributed by atoms with van der Waals surface area (Å²) in [7, 11) is 3.20. The van der Waals surface area contributed by atoms with E-state index in [1.165, 1.54) is 13.2 Å². The maximum atomic E-state index is 14.5. The van der Waals surface area contributed by atoms with E-state index in [-0.39, 0.29) is 11.7 Å². The van der Waals surface area contributed by atoms with Crippen molar-refractivity contribution in [3.8, 4) is 5.75 Å². The summed E-state index contributed by atoms with van der Waals surface area (Å²) in [6.45, 7) is 1.48. The molecule has 3 heterocycles. The number of halogens is 1. The van der Waals surface area contributed by atoms with Gasteiger partial charge in [-0.25, -0.2) is 9.37 Å². The van der Waals surface area contributed by atoms with Crippen molar-refractivity contribution in [2.75, 3.05) is 25.6 Å². The molecule has 8 nitrogen and oxygen atoms in total. The zero-order valence-corrected chi connectivity index (χ0v) is 20.2. The summed E-state index contributed by atoms with van der Waals surface area (Å²) < 4.78 is 26.6. The summed E-state index contributed by atoms with van der Waals surface area (Å²) in [5, 5.41) is 12.8. The van der Waals surface area contributed by atoms with Gasteiger partial charge in [-0.1, -0.05) is 12.1 Å². The van der Waals surface area contributed by atoms with Crippen molar-refractivity contribution in [2.24, 2.45) is 7.05 Å². The molecule has 0 bridgehead atoms. The fraction of sp³-hybridized carbons (Fsp3) is 0.296. The minimum absolute atomic E-state index is 0.137. The van der Waals surface area contributed by atoms with Crippen LogP contribution >= 0.6 is 0 Å². The number of aryl methyl sites for hydroxylation is 1. The maximum absolute atomic E-state index is 14.5. The maximum Gasteiger partial charge on any atom is 0.252 e. The van der Waals surface area contributed by atoms with E-state index in [0.717, 1.165) is 42.6 Å². The van der Waals surface area contributed by atoms with Crippen molar-refractivity contribution in [3.63, 3.8) is 0 Å². The van der Waals surface area contributed by atoms with Gasteiger partial charge in [-0.2, -0.15) is 5.10 Å². The quantitative estimate of drug-likeness (QED) is 0.404. The lowest BCUT2D eigenvalue weighted by Gasteiger charge is -2.23. The van der Waals surface area contributed by atoms with Gasteiger partial charge in [0.25, 0.3) is 5.91 Å². The molecular weight excluding hydrogens is 461 g/mol. The fourth-order valence-corrected chi connectivity index (χ4v) is 4.40. The summed E-state index contributed by atoms with van der Waals surface area (Å²) in [5.74, 6) is 0.109. The van der Waals surface area contributed by atoms with E-state index in [1.807, 2.05) is 18.2 Å². The number of methoxy groups -OCH3 is 1. The normalized spacial score (nSPS) is 15.0. The van der Waals surface area contributed by atoms with Crippen molar-refractivity contribution in [2.45, 2.75) is 24.9 Å². The molecule has 0 spiro atoms. The lowest BCUT2D eigenvalue weighted by Crippen LogP contribution is -2.30. The lowest BCUT2D eigenvalue weighted by molar-refractivity contribution is 0.0903. The van der Waals surface area contributed by atoms with Gasteiger partial charge >= 0.3 is 0 Å². The van der Waals surface area contributed by atoms with Crippen LogP contribution in [0.3, 0.4) is 0 Å². The van der Waals surface area contributed by atoms with Crippen LogP contribution in [0.2, 0.25) is 0 Å². The van der Waals surface area contributed by atoms with E-state index >= 15 is 0 Å². The number of hydrogen-bond acceptors (Lipinski definition) is 6. The molecule has 36 heavy (non-hydrogen) atoms. The number of pyridine rings is 1. The minimum atomic E-state index is -0.641. The third-order valence-corrected chi connectivity index (χ3v) is 6.37. The van der Waals surface area contributed by atoms with Crippen molar-refractivity contribution >= 4 is 22.5 Å². The highest BCUT2D eigenvalue weighted by molar-refractivity contribution is 5.99. The first-order valence-corrected chi connectivity index (χ1v) is 11.9. The van der Waals surface area contributed by atoms with E-state index in [9.17, 15) is 9.18 Å². The number of carbonyl (C=O) groups excluding carboxylic acids is 1. The Labute approximate surface area is 208 Å². The van der Waals surface area contributed by atoms with Gasteiger partial charge in [-0.3, -0.25) is 9.48 Å². The highest BCUT2D eigenvalue weighted by Gasteiger charge is 2.22. The fourth-order valence-electron chi connectivity index (χ4n) is 4.40. The van der Waals surface area contributed by atoms with Crippen molar-refractivity contribution < 1.29 is 18.7 Å². The highest BCUT2D eigenvalue weighted by atomic mass is 19.1. The second-order valence-electron chi connectivity index (χ2n) is 8.88. The van der Waals surface area contributed by atoms with Crippen LogP contribution in [0.1, 0.15) is 40.5 Å². The predicted octanol–water partition coefficient (Wildman–Crippen LogP) is 4.23. The second kappa shape index (κ2) is 10.3. The SMILES string of the molecule is COc1ccc([C@H](NC(=O)c2ccc3cnc(NC4CCOCC4)cc3c2)c2ccn(C)n2)cc1F. The van der Waals surface area contributed by atoms with Gasteiger partial charge in [0.1, 0.15) is 5.82 Å². The van der Waals surface area contributed by atoms with Crippen LogP contribution in [0, 0.1) is 5.82 Å². The molecule has 186 valence electrons. The molecule has 1 amide bonds. The number of carbonyl (C=O) groups is 1. The average Bonchev–Trinajstić information content (AvgIpc) is 3.33. The van der Waals surface area contributed by atoms with Crippen LogP contribution in [-0.4, -0.2) is 47.0 Å². The summed E-state index contributed by atoms with van der Waals surface area (Å²) in [6.07, 6.45) is 5.45. The molecule has 2 aromatic heterocycles. The van der Waals surface area contributed by atoms with E-state index in [4.69, 9.17) is 9.47 Å². The zero-order valence-electron chi connectivity index (χ0n) is 20.2. The number of anilines is 1. The van der Waals surface area contributed by atoms with Gasteiger partial charge in [0.05, 0.1) is 18.8 Å². The molecule has 0 aliphatic carbocycles. The first-order chi connectivity index (χ1) is 17.5. The van der Waals surface area contributed by atoms with Crippen LogP contribution in [-0.2, 0) is 11.8 Å². The third kappa shape index (κ3) is 5.16. The van der Waals surface area contributed by atoms with Gasteiger partial charge in [0, 0.05) is 49.6 Å². The zero-order chi connectivity index (χ0) is 25.1. The number of ether oxygens (including phenoxy) is 2. The summed E-state index contributed by atoms with van der Waals surface area (Å²) in [6, 6.07) is 13.5. The number of nitrogens with zero attached hydrogens (tertiary/aromatic N) is 3. The van der Waals surface area contributed by atoms with E-state index < -0.39 is 11.9 Å². The van der Waals surface area contributed by atoms with Gasteiger partial charge < -0.3 is 20.1 Å². The van der Waals surface area contributed by atoms with E-state index in [0.29, 0.717) is 22.9 Å². The number of benzene rings is 2.